The molecule has 198 valence electrons. The van der Waals surface area contributed by atoms with Gasteiger partial charge in [-0.05, 0) is 104 Å². The number of allylic oxidation sites excluding steroid dienone is 1. The molecule has 1 unspecified atom stereocenters. The van der Waals surface area contributed by atoms with Crippen molar-refractivity contribution in [3.63, 3.8) is 0 Å². The third-order valence-electron chi connectivity index (χ3n) is 13.4. The van der Waals surface area contributed by atoms with Gasteiger partial charge in [-0.25, -0.2) is 0 Å². The third kappa shape index (κ3) is 3.28. The van der Waals surface area contributed by atoms with Gasteiger partial charge in [0.2, 0.25) is 0 Å². The van der Waals surface area contributed by atoms with Gasteiger partial charge in [0.05, 0.1) is 6.61 Å². The third-order valence-corrected chi connectivity index (χ3v) is 13.4. The number of esters is 1. The van der Waals surface area contributed by atoms with Crippen LogP contribution in [0, 0.1) is 50.7 Å². The minimum atomic E-state index is -0.124. The number of hydrogen-bond donors (Lipinski definition) is 1. The van der Waals surface area contributed by atoms with E-state index in [0.29, 0.717) is 40.6 Å². The molecular weight excluding hydrogens is 432 g/mol. The van der Waals surface area contributed by atoms with Crippen molar-refractivity contribution >= 4 is 5.97 Å². The lowest BCUT2D eigenvalue weighted by Gasteiger charge is -2.72. The Kier molecular flexibility index (Phi) is 5.96. The summed E-state index contributed by atoms with van der Waals surface area (Å²) in [6, 6.07) is 0. The smallest absolute Gasteiger partial charge is 0.302 e. The van der Waals surface area contributed by atoms with Gasteiger partial charge in [0.1, 0.15) is 6.10 Å². The minimum absolute atomic E-state index is 0.0230. The fourth-order valence-corrected chi connectivity index (χ4v) is 11.4. The van der Waals surface area contributed by atoms with Crippen LogP contribution in [0.15, 0.2) is 11.1 Å². The quantitative estimate of drug-likeness (QED) is 0.329. The van der Waals surface area contributed by atoms with E-state index in [1.807, 2.05) is 0 Å². The molecule has 0 bridgehead atoms. The maximum absolute atomic E-state index is 11.9. The van der Waals surface area contributed by atoms with Gasteiger partial charge in [0.25, 0.3) is 0 Å². The number of ether oxygens (including phenoxy) is 1. The zero-order valence-electron chi connectivity index (χ0n) is 23.9. The van der Waals surface area contributed by atoms with Crippen molar-refractivity contribution in [1.29, 1.82) is 0 Å². The number of carbonyl (C=O) groups is 1. The highest BCUT2D eigenvalue weighted by molar-refractivity contribution is 5.66. The van der Waals surface area contributed by atoms with Crippen molar-refractivity contribution in [2.45, 2.75) is 126 Å². The zero-order chi connectivity index (χ0) is 25.6. The molecule has 4 saturated carbocycles. The van der Waals surface area contributed by atoms with Crippen LogP contribution in [0.4, 0.5) is 0 Å². The lowest BCUT2D eigenvalue weighted by atomic mass is 9.33. The summed E-state index contributed by atoms with van der Waals surface area (Å²) < 4.78 is 5.90. The zero-order valence-corrected chi connectivity index (χ0v) is 23.9. The SMILES string of the molecule is CC(=O)O[C@H]1CC[C@@]2(C)[C@H](CC[C@]3(C)[C@@H]2CC[C@@H]2C4=C(C(C)C)CCC4(CO)CC[C@]23C)C1(C)C. The number of aliphatic hydroxyl groups excluding tert-OH is 1. The molecule has 5 rings (SSSR count). The lowest BCUT2D eigenvalue weighted by Crippen LogP contribution is -2.65. The van der Waals surface area contributed by atoms with E-state index in [1.54, 1.807) is 18.1 Å². The summed E-state index contributed by atoms with van der Waals surface area (Å²) in [5.41, 5.74) is 4.43. The van der Waals surface area contributed by atoms with E-state index >= 15 is 0 Å². The molecule has 3 heteroatoms. The van der Waals surface area contributed by atoms with E-state index in [1.165, 1.54) is 57.8 Å². The van der Waals surface area contributed by atoms with Crippen LogP contribution in [0.5, 0.6) is 0 Å². The Bertz CT molecular complexity index is 916. The average Bonchev–Trinajstić information content (AvgIpc) is 3.16. The van der Waals surface area contributed by atoms with E-state index < -0.39 is 0 Å². The molecule has 0 radical (unpaired) electrons. The molecule has 0 spiro atoms. The van der Waals surface area contributed by atoms with Crippen LogP contribution in [0.3, 0.4) is 0 Å². The van der Waals surface area contributed by atoms with Gasteiger partial charge in [0, 0.05) is 17.8 Å². The molecule has 8 atom stereocenters. The number of carbonyl (C=O) groups excluding carboxylic acids is 1. The van der Waals surface area contributed by atoms with Crippen LogP contribution < -0.4 is 0 Å². The van der Waals surface area contributed by atoms with E-state index in [4.69, 9.17) is 4.74 Å². The molecule has 0 aromatic carbocycles. The van der Waals surface area contributed by atoms with Gasteiger partial charge in [0.15, 0.2) is 0 Å². The van der Waals surface area contributed by atoms with Gasteiger partial charge < -0.3 is 9.84 Å². The molecular formula is C32H52O3. The standard InChI is InChI=1S/C32H52O3/c1-20(2)22-11-16-32(19-33)18-17-30(7)23(27(22)32)9-10-25-29(6)14-13-26(35-21(3)34)28(4,5)24(29)12-15-31(25,30)8/h20,23-26,33H,9-19H2,1-8H3/t23-,24-,25-,26+,29+,30-,31-,32?/m1/s1. The molecule has 0 aromatic rings. The van der Waals surface area contributed by atoms with E-state index in [0.717, 1.165) is 12.3 Å². The molecule has 3 nitrogen and oxygen atoms in total. The second-order valence-corrected chi connectivity index (χ2v) is 15.1. The number of hydrogen-bond acceptors (Lipinski definition) is 3. The summed E-state index contributed by atoms with van der Waals surface area (Å²) in [6.07, 6.45) is 12.2. The summed E-state index contributed by atoms with van der Waals surface area (Å²) in [5.74, 6) is 2.43. The summed E-state index contributed by atoms with van der Waals surface area (Å²) in [5, 5.41) is 10.7. The average molecular weight is 485 g/mol. The second kappa shape index (κ2) is 8.08. The highest BCUT2D eigenvalue weighted by Crippen LogP contribution is 2.76. The van der Waals surface area contributed by atoms with Crippen molar-refractivity contribution in [2.24, 2.45) is 50.7 Å². The number of rotatable bonds is 3. The minimum Gasteiger partial charge on any atom is -0.462 e. The lowest BCUT2D eigenvalue weighted by molar-refractivity contribution is -0.233. The predicted octanol–water partition coefficient (Wildman–Crippen LogP) is 7.71. The van der Waals surface area contributed by atoms with Crippen LogP contribution in [-0.4, -0.2) is 23.8 Å². The Morgan fingerprint density at radius 2 is 1.63 bits per heavy atom. The Labute approximate surface area is 214 Å². The molecule has 5 aliphatic carbocycles. The summed E-state index contributed by atoms with van der Waals surface area (Å²) in [6.45, 7) is 19.4. The molecule has 35 heavy (non-hydrogen) atoms. The molecule has 0 heterocycles. The van der Waals surface area contributed by atoms with Crippen LogP contribution in [-0.2, 0) is 9.53 Å². The Morgan fingerprint density at radius 3 is 2.26 bits per heavy atom. The van der Waals surface area contributed by atoms with Gasteiger partial charge in [-0.2, -0.15) is 0 Å². The maximum Gasteiger partial charge on any atom is 0.302 e. The Balaban J connectivity index is 1.53. The molecule has 4 fully saturated rings. The number of aliphatic hydroxyl groups is 1. The molecule has 5 aliphatic rings. The van der Waals surface area contributed by atoms with Gasteiger partial charge in [-0.3, -0.25) is 4.79 Å². The fourth-order valence-electron chi connectivity index (χ4n) is 11.4. The van der Waals surface area contributed by atoms with Gasteiger partial charge in [-0.15, -0.1) is 0 Å². The summed E-state index contributed by atoms with van der Waals surface area (Å²) in [7, 11) is 0. The monoisotopic (exact) mass is 484 g/mol. The van der Waals surface area contributed by atoms with E-state index in [-0.39, 0.29) is 22.9 Å². The van der Waals surface area contributed by atoms with Crippen molar-refractivity contribution in [3.05, 3.63) is 11.1 Å². The first-order chi connectivity index (χ1) is 16.3. The van der Waals surface area contributed by atoms with Crippen molar-refractivity contribution in [2.75, 3.05) is 6.61 Å². The maximum atomic E-state index is 11.9. The highest BCUT2D eigenvalue weighted by Gasteiger charge is 2.69. The summed E-state index contributed by atoms with van der Waals surface area (Å²) in [4.78, 5) is 11.9. The van der Waals surface area contributed by atoms with Crippen LogP contribution in [0.25, 0.3) is 0 Å². The molecule has 0 amide bonds. The van der Waals surface area contributed by atoms with Crippen LogP contribution >= 0.6 is 0 Å². The fraction of sp³-hybridized carbons (Fsp3) is 0.906. The normalized spacial score (nSPS) is 48.6. The van der Waals surface area contributed by atoms with E-state index in [2.05, 4.69) is 48.5 Å². The topological polar surface area (TPSA) is 46.5 Å². The number of fused-ring (bicyclic) bond motifs is 7. The van der Waals surface area contributed by atoms with E-state index in [9.17, 15) is 9.90 Å². The van der Waals surface area contributed by atoms with Crippen molar-refractivity contribution in [3.8, 4) is 0 Å². The van der Waals surface area contributed by atoms with Gasteiger partial charge >= 0.3 is 5.97 Å². The molecule has 1 N–H and O–H groups in total. The highest BCUT2D eigenvalue weighted by atomic mass is 16.5. The van der Waals surface area contributed by atoms with Gasteiger partial charge in [-0.1, -0.05) is 59.6 Å². The first-order valence-corrected chi connectivity index (χ1v) is 14.8. The summed E-state index contributed by atoms with van der Waals surface area (Å²) >= 11 is 0. The second-order valence-electron chi connectivity index (χ2n) is 15.1. The molecule has 0 aliphatic heterocycles. The molecule has 0 saturated heterocycles. The predicted molar refractivity (Wildman–Crippen MR) is 142 cm³/mol. The van der Waals surface area contributed by atoms with Crippen molar-refractivity contribution < 1.29 is 14.6 Å². The van der Waals surface area contributed by atoms with Crippen LogP contribution in [0.1, 0.15) is 120 Å². The first-order valence-electron chi connectivity index (χ1n) is 14.8. The Hall–Kier alpha value is -0.830. The molecule has 0 aromatic heterocycles. The van der Waals surface area contributed by atoms with Crippen LogP contribution in [0.2, 0.25) is 0 Å². The largest absolute Gasteiger partial charge is 0.462 e. The van der Waals surface area contributed by atoms with Crippen molar-refractivity contribution in [1.82, 2.24) is 0 Å². The Morgan fingerprint density at radius 1 is 0.914 bits per heavy atom. The first kappa shape index (κ1) is 25.8.